The molecule has 0 saturated carbocycles. The number of hydrogen-bond donors (Lipinski definition) is 1. The van der Waals surface area contributed by atoms with Crippen LogP contribution in [0.3, 0.4) is 0 Å². The zero-order valence-corrected chi connectivity index (χ0v) is 14.8. The average Bonchev–Trinajstić information content (AvgIpc) is 2.70. The SMILES string of the molecule is COC(=O)[C@@H]1Cc2ccccc2CN1C(=O)COC(=O)c1cccc(O)c1. The summed E-state index contributed by atoms with van der Waals surface area (Å²) < 4.78 is 9.88. The van der Waals surface area contributed by atoms with Crippen LogP contribution in [0.15, 0.2) is 48.5 Å². The molecule has 0 aromatic heterocycles. The first kappa shape index (κ1) is 18.4. The highest BCUT2D eigenvalue weighted by molar-refractivity contribution is 5.92. The first-order chi connectivity index (χ1) is 13.0. The fourth-order valence-corrected chi connectivity index (χ4v) is 3.06. The molecule has 140 valence electrons. The van der Waals surface area contributed by atoms with Crippen molar-refractivity contribution in [3.05, 3.63) is 65.2 Å². The van der Waals surface area contributed by atoms with Crippen LogP contribution in [0.25, 0.3) is 0 Å². The highest BCUT2D eigenvalue weighted by Crippen LogP contribution is 2.24. The Morgan fingerprint density at radius 2 is 1.85 bits per heavy atom. The van der Waals surface area contributed by atoms with Gasteiger partial charge in [-0.1, -0.05) is 30.3 Å². The van der Waals surface area contributed by atoms with Gasteiger partial charge in [-0.25, -0.2) is 9.59 Å². The standard InChI is InChI=1S/C20H19NO6/c1-26-20(25)17-10-13-5-2-3-6-15(13)11-21(17)18(23)12-27-19(24)14-7-4-8-16(22)9-14/h2-9,17,22H,10-12H2,1H3/t17-/m0/s1. The maximum Gasteiger partial charge on any atom is 0.338 e. The zero-order valence-electron chi connectivity index (χ0n) is 14.8. The summed E-state index contributed by atoms with van der Waals surface area (Å²) in [6.45, 7) is -0.275. The largest absolute Gasteiger partial charge is 0.508 e. The van der Waals surface area contributed by atoms with E-state index in [1.807, 2.05) is 24.3 Å². The van der Waals surface area contributed by atoms with Gasteiger partial charge in [0, 0.05) is 13.0 Å². The Morgan fingerprint density at radius 3 is 2.56 bits per heavy atom. The molecule has 1 N–H and O–H groups in total. The minimum atomic E-state index is -0.767. The topological polar surface area (TPSA) is 93.1 Å². The monoisotopic (exact) mass is 369 g/mol. The Kier molecular flexibility index (Phi) is 5.40. The molecular formula is C20H19NO6. The van der Waals surface area contributed by atoms with E-state index in [1.54, 1.807) is 0 Å². The molecule has 0 saturated heterocycles. The van der Waals surface area contributed by atoms with Crippen molar-refractivity contribution in [3.63, 3.8) is 0 Å². The molecule has 0 spiro atoms. The van der Waals surface area contributed by atoms with Crippen molar-refractivity contribution in [3.8, 4) is 5.75 Å². The molecule has 2 aromatic rings. The van der Waals surface area contributed by atoms with Gasteiger partial charge in [-0.15, -0.1) is 0 Å². The number of esters is 2. The quantitative estimate of drug-likeness (QED) is 0.824. The van der Waals surface area contributed by atoms with Crippen LogP contribution in [0.2, 0.25) is 0 Å². The fraction of sp³-hybridized carbons (Fsp3) is 0.250. The van der Waals surface area contributed by atoms with E-state index in [-0.39, 0.29) is 17.9 Å². The van der Waals surface area contributed by atoms with Crippen molar-refractivity contribution in [1.29, 1.82) is 0 Å². The molecule has 7 heteroatoms. The van der Waals surface area contributed by atoms with E-state index in [1.165, 1.54) is 36.3 Å². The van der Waals surface area contributed by atoms with Crippen LogP contribution in [0.1, 0.15) is 21.5 Å². The number of hydrogen-bond acceptors (Lipinski definition) is 6. The summed E-state index contributed by atoms with van der Waals surface area (Å²) in [5.74, 6) is -1.81. The number of ether oxygens (including phenoxy) is 2. The molecule has 0 radical (unpaired) electrons. The van der Waals surface area contributed by atoms with E-state index in [0.717, 1.165) is 11.1 Å². The van der Waals surface area contributed by atoms with E-state index < -0.39 is 30.5 Å². The Bertz CT molecular complexity index is 878. The number of phenolic OH excluding ortho intramolecular Hbond substituents is 1. The second-order valence-electron chi connectivity index (χ2n) is 6.16. The summed E-state index contributed by atoms with van der Waals surface area (Å²) >= 11 is 0. The molecule has 1 heterocycles. The van der Waals surface area contributed by atoms with E-state index >= 15 is 0 Å². The summed E-state index contributed by atoms with van der Waals surface area (Å²) in [7, 11) is 1.27. The lowest BCUT2D eigenvalue weighted by Gasteiger charge is -2.35. The summed E-state index contributed by atoms with van der Waals surface area (Å²) in [6.07, 6.45) is 0.342. The predicted octanol–water partition coefficient (Wildman–Crippen LogP) is 1.68. The Hall–Kier alpha value is -3.35. The lowest BCUT2D eigenvalue weighted by molar-refractivity contribution is -0.155. The van der Waals surface area contributed by atoms with Gasteiger partial charge in [0.25, 0.3) is 5.91 Å². The minimum Gasteiger partial charge on any atom is -0.508 e. The Morgan fingerprint density at radius 1 is 1.11 bits per heavy atom. The van der Waals surface area contributed by atoms with E-state index in [2.05, 4.69) is 0 Å². The first-order valence-electron chi connectivity index (χ1n) is 8.40. The van der Waals surface area contributed by atoms with Gasteiger partial charge in [-0.3, -0.25) is 4.79 Å². The highest BCUT2D eigenvalue weighted by Gasteiger charge is 2.35. The summed E-state index contributed by atoms with van der Waals surface area (Å²) in [5, 5.41) is 9.42. The van der Waals surface area contributed by atoms with E-state index in [0.29, 0.717) is 6.42 Å². The molecule has 2 aromatic carbocycles. The average molecular weight is 369 g/mol. The number of amides is 1. The third-order valence-corrected chi connectivity index (χ3v) is 4.45. The number of carbonyl (C=O) groups excluding carboxylic acids is 3. The van der Waals surface area contributed by atoms with Crippen LogP contribution >= 0.6 is 0 Å². The molecular weight excluding hydrogens is 350 g/mol. The molecule has 1 amide bonds. The summed E-state index contributed by atoms with van der Waals surface area (Å²) in [4.78, 5) is 38.2. The lowest BCUT2D eigenvalue weighted by Crippen LogP contribution is -2.50. The number of rotatable bonds is 4. The molecule has 1 atom stereocenters. The maximum absolute atomic E-state index is 12.6. The van der Waals surface area contributed by atoms with Crippen LogP contribution in [-0.4, -0.2) is 47.6 Å². The fourth-order valence-electron chi connectivity index (χ4n) is 3.06. The molecule has 0 bridgehead atoms. The molecule has 3 rings (SSSR count). The van der Waals surface area contributed by atoms with Crippen LogP contribution in [0.4, 0.5) is 0 Å². The smallest absolute Gasteiger partial charge is 0.338 e. The van der Waals surface area contributed by atoms with Gasteiger partial charge in [0.1, 0.15) is 11.8 Å². The van der Waals surface area contributed by atoms with Crippen molar-refractivity contribution in [2.45, 2.75) is 19.0 Å². The van der Waals surface area contributed by atoms with Crippen LogP contribution in [-0.2, 0) is 32.0 Å². The number of phenols is 1. The Labute approximate surface area is 156 Å². The number of aromatic hydroxyl groups is 1. The second-order valence-corrected chi connectivity index (χ2v) is 6.16. The first-order valence-corrected chi connectivity index (χ1v) is 8.40. The number of fused-ring (bicyclic) bond motifs is 1. The molecule has 7 nitrogen and oxygen atoms in total. The molecule has 0 fully saturated rings. The van der Waals surface area contributed by atoms with Crippen LogP contribution in [0, 0.1) is 0 Å². The van der Waals surface area contributed by atoms with E-state index in [9.17, 15) is 19.5 Å². The van der Waals surface area contributed by atoms with E-state index in [4.69, 9.17) is 9.47 Å². The number of methoxy groups -OCH3 is 1. The molecule has 0 aliphatic carbocycles. The molecule has 1 aliphatic heterocycles. The van der Waals surface area contributed by atoms with Gasteiger partial charge < -0.3 is 19.5 Å². The van der Waals surface area contributed by atoms with Gasteiger partial charge in [0.2, 0.25) is 0 Å². The van der Waals surface area contributed by atoms with Gasteiger partial charge in [0.15, 0.2) is 6.61 Å². The zero-order chi connectivity index (χ0) is 19.4. The summed E-state index contributed by atoms with van der Waals surface area (Å²) in [6, 6.07) is 12.4. The Balaban J connectivity index is 1.72. The summed E-state index contributed by atoms with van der Waals surface area (Å²) in [5.41, 5.74) is 2.05. The number of carbonyl (C=O) groups is 3. The second kappa shape index (κ2) is 7.90. The van der Waals surface area contributed by atoms with Crippen molar-refractivity contribution in [1.82, 2.24) is 4.90 Å². The third-order valence-electron chi connectivity index (χ3n) is 4.45. The lowest BCUT2D eigenvalue weighted by atomic mass is 9.94. The van der Waals surface area contributed by atoms with Crippen molar-refractivity contribution >= 4 is 17.8 Å². The van der Waals surface area contributed by atoms with Crippen molar-refractivity contribution in [2.75, 3.05) is 13.7 Å². The number of nitrogens with zero attached hydrogens (tertiary/aromatic N) is 1. The minimum absolute atomic E-state index is 0.0748. The van der Waals surface area contributed by atoms with Crippen molar-refractivity contribution < 1.29 is 29.0 Å². The predicted molar refractivity (Wildman–Crippen MR) is 94.9 cm³/mol. The van der Waals surface area contributed by atoms with Crippen LogP contribution < -0.4 is 0 Å². The van der Waals surface area contributed by atoms with Gasteiger partial charge in [-0.05, 0) is 29.3 Å². The van der Waals surface area contributed by atoms with Gasteiger partial charge >= 0.3 is 11.9 Å². The highest BCUT2D eigenvalue weighted by atomic mass is 16.5. The maximum atomic E-state index is 12.6. The normalized spacial score (nSPS) is 15.6. The molecule has 0 unspecified atom stereocenters. The van der Waals surface area contributed by atoms with Gasteiger partial charge in [0.05, 0.1) is 12.7 Å². The third kappa shape index (κ3) is 4.08. The molecule has 1 aliphatic rings. The van der Waals surface area contributed by atoms with Crippen molar-refractivity contribution in [2.24, 2.45) is 0 Å². The van der Waals surface area contributed by atoms with Crippen LogP contribution in [0.5, 0.6) is 5.75 Å². The number of benzene rings is 2. The van der Waals surface area contributed by atoms with Gasteiger partial charge in [-0.2, -0.15) is 0 Å². The molecule has 27 heavy (non-hydrogen) atoms.